The van der Waals surface area contributed by atoms with E-state index in [1.54, 1.807) is 13.2 Å². The van der Waals surface area contributed by atoms with Gasteiger partial charge in [-0.3, -0.25) is 4.79 Å². The first-order valence-corrected chi connectivity index (χ1v) is 8.85. The Kier molecular flexibility index (Phi) is 5.56. The number of ether oxygens (including phenoxy) is 2. The third kappa shape index (κ3) is 3.78. The summed E-state index contributed by atoms with van der Waals surface area (Å²) in [5.41, 5.74) is 2.76. The summed E-state index contributed by atoms with van der Waals surface area (Å²) in [6.45, 7) is 5.10. The molecule has 1 heterocycles. The minimum Gasteiger partial charge on any atom is -0.497 e. The Labute approximate surface area is 156 Å². The molecule has 0 saturated carbocycles. The molecular weight excluding hydrogens is 382 g/mol. The number of benzene rings is 2. The minimum absolute atomic E-state index is 0.0197. The molecule has 0 spiro atoms. The summed E-state index contributed by atoms with van der Waals surface area (Å²) in [5, 5.41) is 0. The Balaban J connectivity index is 1.92. The lowest BCUT2D eigenvalue weighted by Crippen LogP contribution is -2.32. The van der Waals surface area contributed by atoms with Crippen LogP contribution in [0.15, 0.2) is 59.6 Å². The van der Waals surface area contributed by atoms with Crippen molar-refractivity contribution in [3.63, 3.8) is 0 Å². The zero-order valence-electron chi connectivity index (χ0n) is 14.1. The van der Waals surface area contributed by atoms with Crippen LogP contribution in [0.5, 0.6) is 5.75 Å². The molecule has 5 heteroatoms. The summed E-state index contributed by atoms with van der Waals surface area (Å²) in [6.07, 6.45) is 1.71. The van der Waals surface area contributed by atoms with Gasteiger partial charge in [-0.15, -0.1) is 6.58 Å². The van der Waals surface area contributed by atoms with E-state index < -0.39 is 0 Å². The zero-order valence-corrected chi connectivity index (χ0v) is 15.7. The number of rotatable bonds is 7. The van der Waals surface area contributed by atoms with Crippen LogP contribution in [-0.2, 0) is 11.3 Å². The molecular formula is C20H20BrNO3. The van der Waals surface area contributed by atoms with Crippen molar-refractivity contribution in [3.8, 4) is 5.75 Å². The molecule has 0 fully saturated rings. The van der Waals surface area contributed by atoms with E-state index >= 15 is 0 Å². The molecule has 25 heavy (non-hydrogen) atoms. The van der Waals surface area contributed by atoms with Crippen molar-refractivity contribution in [1.82, 2.24) is 4.90 Å². The molecule has 1 aliphatic rings. The average molecular weight is 402 g/mol. The number of amides is 1. The van der Waals surface area contributed by atoms with Gasteiger partial charge in [0.25, 0.3) is 5.91 Å². The van der Waals surface area contributed by atoms with Gasteiger partial charge in [0, 0.05) is 16.6 Å². The third-order valence-electron chi connectivity index (χ3n) is 4.27. The van der Waals surface area contributed by atoms with Gasteiger partial charge in [0.2, 0.25) is 0 Å². The Morgan fingerprint density at radius 2 is 2.16 bits per heavy atom. The largest absolute Gasteiger partial charge is 0.497 e. The number of methoxy groups -OCH3 is 1. The third-order valence-corrected chi connectivity index (χ3v) is 4.76. The molecule has 3 rings (SSSR count). The average Bonchev–Trinajstić information content (AvgIpc) is 2.95. The number of fused-ring (bicyclic) bond motifs is 1. The molecule has 1 atom stereocenters. The van der Waals surface area contributed by atoms with Crippen molar-refractivity contribution < 1.29 is 14.3 Å². The standard InChI is InChI=1S/C20H20BrNO3/c1-3-9-25-13-19(14-5-4-6-17(10-14)24-2)22-12-15-7-8-16(21)11-18(15)20(22)23/h3-8,10-11,19H,1,9,12-13H2,2H3. The quantitative estimate of drug-likeness (QED) is 0.511. The number of hydrogen-bond donors (Lipinski definition) is 0. The second-order valence-electron chi connectivity index (χ2n) is 5.85. The molecule has 0 saturated heterocycles. The topological polar surface area (TPSA) is 38.8 Å². The van der Waals surface area contributed by atoms with E-state index in [0.29, 0.717) is 19.8 Å². The molecule has 1 aliphatic heterocycles. The van der Waals surface area contributed by atoms with E-state index in [4.69, 9.17) is 9.47 Å². The molecule has 4 nitrogen and oxygen atoms in total. The summed E-state index contributed by atoms with van der Waals surface area (Å²) in [7, 11) is 1.64. The Bertz CT molecular complexity index is 790. The van der Waals surface area contributed by atoms with Crippen LogP contribution in [-0.4, -0.2) is 31.1 Å². The van der Waals surface area contributed by atoms with Gasteiger partial charge in [-0.2, -0.15) is 0 Å². The van der Waals surface area contributed by atoms with Crippen LogP contribution >= 0.6 is 15.9 Å². The van der Waals surface area contributed by atoms with E-state index in [1.807, 2.05) is 47.4 Å². The van der Waals surface area contributed by atoms with Gasteiger partial charge in [0.1, 0.15) is 5.75 Å². The molecule has 2 aromatic rings. The molecule has 0 radical (unpaired) electrons. The first-order valence-electron chi connectivity index (χ1n) is 8.06. The van der Waals surface area contributed by atoms with Crippen LogP contribution in [0, 0.1) is 0 Å². The molecule has 0 aliphatic carbocycles. The predicted octanol–water partition coefficient (Wildman–Crippen LogP) is 4.36. The van der Waals surface area contributed by atoms with Crippen molar-refractivity contribution in [1.29, 1.82) is 0 Å². The Morgan fingerprint density at radius 1 is 1.32 bits per heavy atom. The van der Waals surface area contributed by atoms with Gasteiger partial charge in [-0.1, -0.05) is 40.2 Å². The molecule has 1 unspecified atom stereocenters. The minimum atomic E-state index is -0.186. The highest BCUT2D eigenvalue weighted by atomic mass is 79.9. The van der Waals surface area contributed by atoms with Gasteiger partial charge in [-0.25, -0.2) is 0 Å². The summed E-state index contributed by atoms with van der Waals surface area (Å²) in [4.78, 5) is 14.8. The predicted molar refractivity (Wildman–Crippen MR) is 101 cm³/mol. The normalized spacial score (nSPS) is 14.3. The Hall–Kier alpha value is -2.11. The highest BCUT2D eigenvalue weighted by Gasteiger charge is 2.33. The number of hydrogen-bond acceptors (Lipinski definition) is 3. The first-order chi connectivity index (χ1) is 12.1. The van der Waals surface area contributed by atoms with E-state index in [-0.39, 0.29) is 11.9 Å². The lowest BCUT2D eigenvalue weighted by atomic mass is 10.1. The Morgan fingerprint density at radius 3 is 2.92 bits per heavy atom. The van der Waals surface area contributed by atoms with Crippen molar-refractivity contribution in [2.24, 2.45) is 0 Å². The van der Waals surface area contributed by atoms with Crippen LogP contribution in [0.25, 0.3) is 0 Å². The molecule has 2 aromatic carbocycles. The molecule has 0 bridgehead atoms. The number of halogens is 1. The molecule has 0 aromatic heterocycles. The van der Waals surface area contributed by atoms with Crippen LogP contribution in [0.2, 0.25) is 0 Å². The lowest BCUT2D eigenvalue weighted by Gasteiger charge is -2.28. The monoisotopic (exact) mass is 401 g/mol. The van der Waals surface area contributed by atoms with Gasteiger partial charge in [0.05, 0.1) is 26.4 Å². The van der Waals surface area contributed by atoms with Crippen LogP contribution in [0.3, 0.4) is 0 Å². The van der Waals surface area contributed by atoms with E-state index in [2.05, 4.69) is 22.5 Å². The molecule has 130 valence electrons. The SMILES string of the molecule is C=CCOCC(c1cccc(OC)c1)N1Cc2ccc(Br)cc2C1=O. The zero-order chi connectivity index (χ0) is 17.8. The molecule has 0 N–H and O–H groups in total. The number of carbonyl (C=O) groups is 1. The van der Waals surface area contributed by atoms with Crippen molar-refractivity contribution >= 4 is 21.8 Å². The second kappa shape index (κ2) is 7.85. The van der Waals surface area contributed by atoms with Crippen LogP contribution in [0.1, 0.15) is 27.5 Å². The van der Waals surface area contributed by atoms with Crippen molar-refractivity contribution in [2.45, 2.75) is 12.6 Å². The summed E-state index contributed by atoms with van der Waals surface area (Å²) in [5.74, 6) is 0.782. The fraction of sp³-hybridized carbons (Fsp3) is 0.250. The van der Waals surface area contributed by atoms with E-state index in [1.165, 1.54) is 0 Å². The highest BCUT2D eigenvalue weighted by molar-refractivity contribution is 9.10. The summed E-state index contributed by atoms with van der Waals surface area (Å²) in [6, 6.07) is 13.4. The fourth-order valence-corrected chi connectivity index (χ4v) is 3.39. The van der Waals surface area contributed by atoms with Gasteiger partial charge in [0.15, 0.2) is 0 Å². The summed E-state index contributed by atoms with van der Waals surface area (Å²) >= 11 is 3.44. The van der Waals surface area contributed by atoms with Crippen LogP contribution in [0.4, 0.5) is 0 Å². The van der Waals surface area contributed by atoms with E-state index in [0.717, 1.165) is 26.9 Å². The molecule has 1 amide bonds. The lowest BCUT2D eigenvalue weighted by molar-refractivity contribution is 0.0498. The van der Waals surface area contributed by atoms with Crippen LogP contribution < -0.4 is 4.74 Å². The fourth-order valence-electron chi connectivity index (χ4n) is 3.03. The van der Waals surface area contributed by atoms with Gasteiger partial charge < -0.3 is 14.4 Å². The first kappa shape index (κ1) is 17.7. The maximum absolute atomic E-state index is 12.9. The number of carbonyl (C=O) groups excluding carboxylic acids is 1. The van der Waals surface area contributed by atoms with Crippen molar-refractivity contribution in [2.75, 3.05) is 20.3 Å². The number of nitrogens with zero attached hydrogens (tertiary/aromatic N) is 1. The van der Waals surface area contributed by atoms with E-state index in [9.17, 15) is 4.79 Å². The maximum atomic E-state index is 12.9. The second-order valence-corrected chi connectivity index (χ2v) is 6.77. The summed E-state index contributed by atoms with van der Waals surface area (Å²) < 4.78 is 11.9. The van der Waals surface area contributed by atoms with Gasteiger partial charge >= 0.3 is 0 Å². The maximum Gasteiger partial charge on any atom is 0.255 e. The highest BCUT2D eigenvalue weighted by Crippen LogP contribution is 2.34. The smallest absolute Gasteiger partial charge is 0.255 e. The van der Waals surface area contributed by atoms with Gasteiger partial charge in [-0.05, 0) is 35.4 Å². The van der Waals surface area contributed by atoms with Crippen molar-refractivity contribution in [3.05, 3.63) is 76.3 Å².